The Kier molecular flexibility index (Phi) is 9.44. The van der Waals surface area contributed by atoms with E-state index in [4.69, 9.17) is 11.6 Å². The molecule has 0 radical (unpaired) electrons. The molecule has 0 aliphatic rings. The van der Waals surface area contributed by atoms with Gasteiger partial charge in [0.1, 0.15) is 6.29 Å². The van der Waals surface area contributed by atoms with Crippen LogP contribution in [0, 0.1) is 0 Å². The van der Waals surface area contributed by atoms with Crippen molar-refractivity contribution >= 4 is 17.9 Å². The summed E-state index contributed by atoms with van der Waals surface area (Å²) in [6.45, 7) is 0. The van der Waals surface area contributed by atoms with E-state index in [1.54, 1.807) is 6.08 Å². The molecule has 2 heteroatoms. The predicted octanol–water partition coefficient (Wildman–Crippen LogP) is 2.93. The standard InChI is InChI=1S/C9H15ClO/c10-8-6-4-2-1-3-5-7-9-11/h5,7,9H,1-4,6,8H2/b7-5+. The highest BCUT2D eigenvalue weighted by atomic mass is 35.5. The first-order chi connectivity index (χ1) is 5.41. The first-order valence-corrected chi connectivity index (χ1v) is 4.61. The lowest BCUT2D eigenvalue weighted by Gasteiger charge is -1.94. The minimum atomic E-state index is 0.768. The molecule has 0 heterocycles. The predicted molar refractivity (Wildman–Crippen MR) is 49.0 cm³/mol. The molecule has 0 N–H and O–H groups in total. The monoisotopic (exact) mass is 174 g/mol. The molecule has 0 saturated carbocycles. The van der Waals surface area contributed by atoms with Crippen LogP contribution in [-0.4, -0.2) is 12.2 Å². The molecule has 64 valence electrons. The number of halogens is 1. The second-order valence-corrected chi connectivity index (χ2v) is 2.83. The van der Waals surface area contributed by atoms with Crippen molar-refractivity contribution in [1.82, 2.24) is 0 Å². The summed E-state index contributed by atoms with van der Waals surface area (Å²) >= 11 is 5.50. The van der Waals surface area contributed by atoms with Gasteiger partial charge in [-0.3, -0.25) is 4.79 Å². The number of carbonyl (C=O) groups is 1. The summed E-state index contributed by atoms with van der Waals surface area (Å²) < 4.78 is 0. The van der Waals surface area contributed by atoms with Crippen molar-refractivity contribution in [3.8, 4) is 0 Å². The van der Waals surface area contributed by atoms with Crippen molar-refractivity contribution in [2.75, 3.05) is 5.88 Å². The molecule has 0 fully saturated rings. The van der Waals surface area contributed by atoms with Crippen LogP contribution in [-0.2, 0) is 4.79 Å². The lowest BCUT2D eigenvalue weighted by Crippen LogP contribution is -1.77. The van der Waals surface area contributed by atoms with Crippen LogP contribution in [0.5, 0.6) is 0 Å². The van der Waals surface area contributed by atoms with E-state index in [-0.39, 0.29) is 0 Å². The van der Waals surface area contributed by atoms with Crippen LogP contribution in [0.1, 0.15) is 32.1 Å². The van der Waals surface area contributed by atoms with Crippen LogP contribution in [0.15, 0.2) is 12.2 Å². The molecule has 0 bridgehead atoms. The summed E-state index contributed by atoms with van der Waals surface area (Å²) in [6.07, 6.45) is 10.0. The van der Waals surface area contributed by atoms with Crippen LogP contribution < -0.4 is 0 Å². The number of hydrogen-bond acceptors (Lipinski definition) is 1. The largest absolute Gasteiger partial charge is 0.299 e. The van der Waals surface area contributed by atoms with Gasteiger partial charge in [-0.2, -0.15) is 0 Å². The molecule has 0 aliphatic heterocycles. The highest BCUT2D eigenvalue weighted by Gasteiger charge is 1.86. The number of allylic oxidation sites excluding steroid dienone is 2. The van der Waals surface area contributed by atoms with E-state index < -0.39 is 0 Å². The van der Waals surface area contributed by atoms with E-state index in [0.29, 0.717) is 0 Å². The van der Waals surface area contributed by atoms with E-state index in [2.05, 4.69) is 0 Å². The Hall–Kier alpha value is -0.300. The zero-order valence-corrected chi connectivity index (χ0v) is 7.52. The number of aldehydes is 1. The molecule has 0 unspecified atom stereocenters. The van der Waals surface area contributed by atoms with E-state index in [9.17, 15) is 4.79 Å². The maximum atomic E-state index is 9.84. The fraction of sp³-hybridized carbons (Fsp3) is 0.667. The van der Waals surface area contributed by atoms with Gasteiger partial charge < -0.3 is 0 Å². The average Bonchev–Trinajstić information content (AvgIpc) is 2.03. The van der Waals surface area contributed by atoms with Crippen molar-refractivity contribution in [1.29, 1.82) is 0 Å². The van der Waals surface area contributed by atoms with Gasteiger partial charge in [0.25, 0.3) is 0 Å². The lowest BCUT2D eigenvalue weighted by atomic mass is 10.1. The Bertz CT molecular complexity index is 110. The van der Waals surface area contributed by atoms with Crippen LogP contribution >= 0.6 is 11.6 Å². The summed E-state index contributed by atoms with van der Waals surface area (Å²) in [7, 11) is 0. The zero-order chi connectivity index (χ0) is 8.36. The number of carbonyl (C=O) groups excluding carboxylic acids is 1. The second kappa shape index (κ2) is 9.70. The van der Waals surface area contributed by atoms with Gasteiger partial charge in [0.15, 0.2) is 0 Å². The van der Waals surface area contributed by atoms with E-state index in [1.807, 2.05) is 6.08 Å². The minimum Gasteiger partial charge on any atom is -0.299 e. The van der Waals surface area contributed by atoms with Gasteiger partial charge in [-0.05, 0) is 25.3 Å². The van der Waals surface area contributed by atoms with Crippen molar-refractivity contribution < 1.29 is 4.79 Å². The maximum Gasteiger partial charge on any atom is 0.142 e. The molecule has 0 aromatic carbocycles. The highest BCUT2D eigenvalue weighted by molar-refractivity contribution is 6.17. The van der Waals surface area contributed by atoms with E-state index >= 15 is 0 Å². The molecule has 0 saturated heterocycles. The maximum absolute atomic E-state index is 9.84. The summed E-state index contributed by atoms with van der Waals surface area (Å²) in [4.78, 5) is 9.84. The summed E-state index contributed by atoms with van der Waals surface area (Å²) in [6, 6.07) is 0. The first kappa shape index (κ1) is 10.7. The van der Waals surface area contributed by atoms with Gasteiger partial charge >= 0.3 is 0 Å². The van der Waals surface area contributed by atoms with Crippen molar-refractivity contribution in [2.45, 2.75) is 32.1 Å². The van der Waals surface area contributed by atoms with Gasteiger partial charge in [-0.25, -0.2) is 0 Å². The van der Waals surface area contributed by atoms with Crippen LogP contribution in [0.25, 0.3) is 0 Å². The molecule has 0 amide bonds. The Morgan fingerprint density at radius 1 is 1.09 bits per heavy atom. The van der Waals surface area contributed by atoms with E-state index in [0.717, 1.165) is 25.0 Å². The van der Waals surface area contributed by atoms with E-state index in [1.165, 1.54) is 19.3 Å². The molecule has 0 atom stereocenters. The molecule has 0 aliphatic carbocycles. The summed E-state index contributed by atoms with van der Waals surface area (Å²) in [5.41, 5.74) is 0. The Balaban J connectivity index is 2.90. The number of rotatable bonds is 7. The Morgan fingerprint density at radius 2 is 1.82 bits per heavy atom. The van der Waals surface area contributed by atoms with Crippen molar-refractivity contribution in [2.24, 2.45) is 0 Å². The van der Waals surface area contributed by atoms with Gasteiger partial charge in [-0.1, -0.05) is 18.9 Å². The van der Waals surface area contributed by atoms with Gasteiger partial charge in [0, 0.05) is 5.88 Å². The zero-order valence-electron chi connectivity index (χ0n) is 6.76. The molecule has 0 rings (SSSR count). The highest BCUT2D eigenvalue weighted by Crippen LogP contribution is 2.03. The lowest BCUT2D eigenvalue weighted by molar-refractivity contribution is -0.104. The fourth-order valence-electron chi connectivity index (χ4n) is 0.862. The molecule has 0 aromatic rings. The first-order valence-electron chi connectivity index (χ1n) is 4.08. The fourth-order valence-corrected chi connectivity index (χ4v) is 1.05. The van der Waals surface area contributed by atoms with Gasteiger partial charge in [-0.15, -0.1) is 11.6 Å². The topological polar surface area (TPSA) is 17.1 Å². The number of hydrogen-bond donors (Lipinski definition) is 0. The third-order valence-electron chi connectivity index (χ3n) is 1.47. The minimum absolute atomic E-state index is 0.768. The third-order valence-corrected chi connectivity index (χ3v) is 1.74. The molecular formula is C9H15ClO. The molecule has 11 heavy (non-hydrogen) atoms. The van der Waals surface area contributed by atoms with Gasteiger partial charge in [0.2, 0.25) is 0 Å². The van der Waals surface area contributed by atoms with Crippen molar-refractivity contribution in [3.05, 3.63) is 12.2 Å². The third kappa shape index (κ3) is 9.70. The van der Waals surface area contributed by atoms with Crippen LogP contribution in [0.3, 0.4) is 0 Å². The SMILES string of the molecule is O=C/C=C/CCCCCCCl. The Morgan fingerprint density at radius 3 is 2.45 bits per heavy atom. The van der Waals surface area contributed by atoms with Gasteiger partial charge in [0.05, 0.1) is 0 Å². The summed E-state index contributed by atoms with van der Waals surface area (Å²) in [5.74, 6) is 0.768. The normalized spacial score (nSPS) is 10.6. The average molecular weight is 175 g/mol. The molecular weight excluding hydrogens is 160 g/mol. The van der Waals surface area contributed by atoms with Crippen LogP contribution in [0.4, 0.5) is 0 Å². The Labute approximate surface area is 73.4 Å². The molecule has 0 aromatic heterocycles. The number of alkyl halides is 1. The number of unbranched alkanes of at least 4 members (excludes halogenated alkanes) is 4. The van der Waals surface area contributed by atoms with Crippen LogP contribution in [0.2, 0.25) is 0 Å². The second-order valence-electron chi connectivity index (χ2n) is 2.46. The molecule has 1 nitrogen and oxygen atoms in total. The molecule has 0 spiro atoms. The van der Waals surface area contributed by atoms with Crippen molar-refractivity contribution in [3.63, 3.8) is 0 Å². The quantitative estimate of drug-likeness (QED) is 0.251. The smallest absolute Gasteiger partial charge is 0.142 e. The summed E-state index contributed by atoms with van der Waals surface area (Å²) in [5, 5.41) is 0.